The Morgan fingerprint density at radius 3 is 2.59 bits per heavy atom. The number of ether oxygens (including phenoxy) is 1. The number of rotatable bonds is 7. The van der Waals surface area contributed by atoms with Crippen molar-refractivity contribution < 1.29 is 9.53 Å². The molecule has 0 aliphatic carbocycles. The predicted molar refractivity (Wildman–Crippen MR) is 126 cm³/mol. The lowest BCUT2D eigenvalue weighted by Crippen LogP contribution is -2.38. The minimum atomic E-state index is -0.167. The van der Waals surface area contributed by atoms with Gasteiger partial charge in [-0.15, -0.1) is 0 Å². The van der Waals surface area contributed by atoms with Gasteiger partial charge < -0.3 is 19.9 Å². The predicted octanol–water partition coefficient (Wildman–Crippen LogP) is 2.61. The zero-order valence-corrected chi connectivity index (χ0v) is 18.5. The molecule has 8 nitrogen and oxygen atoms in total. The summed E-state index contributed by atoms with van der Waals surface area (Å²) in [7, 11) is 0. The summed E-state index contributed by atoms with van der Waals surface area (Å²) in [6.45, 7) is 7.83. The third-order valence-electron chi connectivity index (χ3n) is 5.62. The molecule has 1 saturated heterocycles. The number of fused-ring (bicyclic) bond motifs is 1. The summed E-state index contributed by atoms with van der Waals surface area (Å²) in [6, 6.07) is 15.2. The average molecular weight is 436 g/mol. The van der Waals surface area contributed by atoms with E-state index in [1.165, 1.54) is 0 Å². The molecular weight excluding hydrogens is 406 g/mol. The van der Waals surface area contributed by atoms with Gasteiger partial charge in [0.05, 0.1) is 37.2 Å². The molecule has 0 saturated carbocycles. The highest BCUT2D eigenvalue weighted by Crippen LogP contribution is 2.19. The number of carbonyl (C=O) groups excluding carboxylic acids is 1. The molecular formula is C24H29N5O3. The van der Waals surface area contributed by atoms with E-state index < -0.39 is 0 Å². The number of carbonyl (C=O) groups is 1. The number of H-pyrrole nitrogens is 1. The minimum Gasteiger partial charge on any atom is -0.378 e. The quantitative estimate of drug-likeness (QED) is 0.593. The zero-order valence-electron chi connectivity index (χ0n) is 18.5. The van der Waals surface area contributed by atoms with Crippen LogP contribution in [0.15, 0.2) is 53.3 Å². The maximum Gasteiger partial charge on any atom is 0.258 e. The van der Waals surface area contributed by atoms with E-state index in [-0.39, 0.29) is 24.1 Å². The Morgan fingerprint density at radius 1 is 1.16 bits per heavy atom. The third kappa shape index (κ3) is 5.33. The molecule has 1 aliphatic rings. The molecule has 0 bridgehead atoms. The first-order valence-corrected chi connectivity index (χ1v) is 10.9. The third-order valence-corrected chi connectivity index (χ3v) is 5.62. The molecule has 1 fully saturated rings. The van der Waals surface area contributed by atoms with Gasteiger partial charge in [-0.1, -0.05) is 12.1 Å². The fourth-order valence-electron chi connectivity index (χ4n) is 3.79. The summed E-state index contributed by atoms with van der Waals surface area (Å²) in [6.07, 6.45) is 0. The zero-order chi connectivity index (χ0) is 22.5. The van der Waals surface area contributed by atoms with E-state index in [0.29, 0.717) is 23.3 Å². The second-order valence-electron chi connectivity index (χ2n) is 8.22. The van der Waals surface area contributed by atoms with Crippen LogP contribution < -0.4 is 15.8 Å². The largest absolute Gasteiger partial charge is 0.378 e. The molecule has 168 valence electrons. The maximum atomic E-state index is 12.7. The number of aromatic amines is 1. The van der Waals surface area contributed by atoms with Crippen molar-refractivity contribution in [1.82, 2.24) is 14.9 Å². The van der Waals surface area contributed by atoms with Crippen LogP contribution in [-0.4, -0.2) is 59.7 Å². The highest BCUT2D eigenvalue weighted by Gasteiger charge is 2.17. The number of aromatic nitrogens is 2. The SMILES string of the molecule is CC(C)N(CC(=O)Nc1ccc(N2CCOCC2)cc1)Cc1nc2ccccc2c(=O)[nH]1. The number of nitrogens with one attached hydrogen (secondary N) is 2. The second kappa shape index (κ2) is 9.93. The van der Waals surface area contributed by atoms with Crippen molar-refractivity contribution >= 4 is 28.2 Å². The van der Waals surface area contributed by atoms with Crippen molar-refractivity contribution in [1.29, 1.82) is 0 Å². The normalized spacial score (nSPS) is 14.3. The molecule has 2 N–H and O–H groups in total. The Bertz CT molecular complexity index is 1120. The van der Waals surface area contributed by atoms with Crippen molar-refractivity contribution in [3.05, 3.63) is 64.7 Å². The molecule has 0 spiro atoms. The lowest BCUT2D eigenvalue weighted by atomic mass is 10.2. The van der Waals surface area contributed by atoms with Crippen molar-refractivity contribution in [2.75, 3.05) is 43.1 Å². The number of nitrogens with zero attached hydrogens (tertiary/aromatic N) is 3. The van der Waals surface area contributed by atoms with Crippen LogP contribution >= 0.6 is 0 Å². The molecule has 8 heteroatoms. The van der Waals surface area contributed by atoms with Gasteiger partial charge in [-0.05, 0) is 50.2 Å². The Morgan fingerprint density at radius 2 is 1.88 bits per heavy atom. The van der Waals surface area contributed by atoms with Crippen LogP contribution in [0.1, 0.15) is 19.7 Å². The van der Waals surface area contributed by atoms with E-state index in [2.05, 4.69) is 20.2 Å². The Hall–Kier alpha value is -3.23. The molecule has 0 radical (unpaired) electrons. The summed E-state index contributed by atoms with van der Waals surface area (Å²) in [5.41, 5.74) is 2.37. The second-order valence-corrected chi connectivity index (χ2v) is 8.22. The molecule has 1 aliphatic heterocycles. The van der Waals surface area contributed by atoms with Crippen molar-refractivity contribution in [2.24, 2.45) is 0 Å². The number of morpholine rings is 1. The molecule has 0 unspecified atom stereocenters. The molecule has 32 heavy (non-hydrogen) atoms. The molecule has 2 heterocycles. The summed E-state index contributed by atoms with van der Waals surface area (Å²) in [5, 5.41) is 3.53. The van der Waals surface area contributed by atoms with Gasteiger partial charge in [-0.2, -0.15) is 0 Å². The molecule has 3 aromatic rings. The first kappa shape index (κ1) is 22.0. The van der Waals surface area contributed by atoms with Gasteiger partial charge in [0.1, 0.15) is 5.82 Å². The summed E-state index contributed by atoms with van der Waals surface area (Å²) < 4.78 is 5.40. The number of hydrogen-bond donors (Lipinski definition) is 2. The van der Waals surface area contributed by atoms with E-state index >= 15 is 0 Å². The van der Waals surface area contributed by atoms with E-state index in [0.717, 1.165) is 37.7 Å². The molecule has 1 amide bonds. The van der Waals surface area contributed by atoms with E-state index in [4.69, 9.17) is 4.74 Å². The van der Waals surface area contributed by atoms with Crippen molar-refractivity contribution in [3.8, 4) is 0 Å². The van der Waals surface area contributed by atoms with Gasteiger partial charge in [-0.3, -0.25) is 14.5 Å². The first-order chi connectivity index (χ1) is 15.5. The summed E-state index contributed by atoms with van der Waals surface area (Å²) in [5.74, 6) is 0.436. The van der Waals surface area contributed by atoms with Crippen LogP contribution in [0.4, 0.5) is 11.4 Å². The van der Waals surface area contributed by atoms with E-state index in [1.54, 1.807) is 6.07 Å². The van der Waals surface area contributed by atoms with Gasteiger partial charge in [-0.25, -0.2) is 4.98 Å². The average Bonchev–Trinajstić information content (AvgIpc) is 2.80. The van der Waals surface area contributed by atoms with E-state index in [9.17, 15) is 9.59 Å². The van der Waals surface area contributed by atoms with Crippen LogP contribution in [0, 0.1) is 0 Å². The Kier molecular flexibility index (Phi) is 6.82. The molecule has 2 aromatic carbocycles. The lowest BCUT2D eigenvalue weighted by Gasteiger charge is -2.29. The van der Waals surface area contributed by atoms with Gasteiger partial charge in [0.25, 0.3) is 5.56 Å². The molecule has 4 rings (SSSR count). The Balaban J connectivity index is 1.39. The van der Waals surface area contributed by atoms with Crippen molar-refractivity contribution in [2.45, 2.75) is 26.4 Å². The van der Waals surface area contributed by atoms with Gasteiger partial charge in [0.2, 0.25) is 5.91 Å². The summed E-state index contributed by atoms with van der Waals surface area (Å²) >= 11 is 0. The van der Waals surface area contributed by atoms with Crippen LogP contribution in [0.3, 0.4) is 0 Å². The van der Waals surface area contributed by atoms with Gasteiger partial charge in [0, 0.05) is 30.5 Å². The number of para-hydroxylation sites is 1. The smallest absolute Gasteiger partial charge is 0.258 e. The topological polar surface area (TPSA) is 90.6 Å². The fraction of sp³-hybridized carbons (Fsp3) is 0.375. The number of hydrogen-bond acceptors (Lipinski definition) is 6. The van der Waals surface area contributed by atoms with Crippen molar-refractivity contribution in [3.63, 3.8) is 0 Å². The van der Waals surface area contributed by atoms with Gasteiger partial charge >= 0.3 is 0 Å². The minimum absolute atomic E-state index is 0.0984. The number of benzene rings is 2. The standard InChI is InChI=1S/C24H29N5O3/c1-17(2)29(15-22-26-21-6-4-3-5-20(21)24(31)27-22)16-23(30)25-18-7-9-19(10-8-18)28-11-13-32-14-12-28/h3-10,17H,11-16H2,1-2H3,(H,25,30)(H,26,27,31). The fourth-order valence-corrected chi connectivity index (χ4v) is 3.79. The van der Waals surface area contributed by atoms with Crippen LogP contribution in [0.2, 0.25) is 0 Å². The van der Waals surface area contributed by atoms with Crippen LogP contribution in [0.5, 0.6) is 0 Å². The van der Waals surface area contributed by atoms with E-state index in [1.807, 2.05) is 61.2 Å². The van der Waals surface area contributed by atoms with Gasteiger partial charge in [0.15, 0.2) is 0 Å². The maximum absolute atomic E-state index is 12.7. The van der Waals surface area contributed by atoms with Crippen LogP contribution in [-0.2, 0) is 16.1 Å². The van der Waals surface area contributed by atoms with Crippen LogP contribution in [0.25, 0.3) is 10.9 Å². The molecule has 0 atom stereocenters. The number of amides is 1. The Labute approximate surface area is 187 Å². The first-order valence-electron chi connectivity index (χ1n) is 10.9. The highest BCUT2D eigenvalue weighted by atomic mass is 16.5. The lowest BCUT2D eigenvalue weighted by molar-refractivity contribution is -0.117. The summed E-state index contributed by atoms with van der Waals surface area (Å²) in [4.78, 5) is 36.7. The highest BCUT2D eigenvalue weighted by molar-refractivity contribution is 5.92. The monoisotopic (exact) mass is 435 g/mol. The molecule has 1 aromatic heterocycles. The number of anilines is 2.